The van der Waals surface area contributed by atoms with Crippen LogP contribution in [0.3, 0.4) is 0 Å². The summed E-state index contributed by atoms with van der Waals surface area (Å²) < 4.78 is 5.69. The van der Waals surface area contributed by atoms with Crippen LogP contribution in [0, 0.1) is 6.92 Å². The van der Waals surface area contributed by atoms with Gasteiger partial charge >= 0.3 is 51.4 Å². The van der Waals surface area contributed by atoms with Crippen molar-refractivity contribution in [3.05, 3.63) is 42.0 Å². The molecule has 0 aliphatic rings. The molecule has 0 radical (unpaired) electrons. The first-order valence-corrected chi connectivity index (χ1v) is 6.98. The SMILES string of the molecule is Cc1ccc2cc(OCCCCCC(=O)[O-])ccc2c1.[K+]. The maximum absolute atomic E-state index is 10.3. The molecule has 2 aromatic rings. The zero-order chi connectivity index (χ0) is 14.4. The number of rotatable bonds is 7. The standard InChI is InChI=1S/C17H20O3.K/c1-13-6-7-15-12-16(9-8-14(15)11-13)20-10-4-2-3-5-17(18)19;/h6-9,11-12H,2-5,10H2,1H3,(H,18,19);/q;+1/p-1. The predicted molar refractivity (Wildman–Crippen MR) is 77.7 cm³/mol. The summed E-state index contributed by atoms with van der Waals surface area (Å²) in [5.74, 6) is -0.114. The molecule has 0 aliphatic carbocycles. The van der Waals surface area contributed by atoms with Crippen molar-refractivity contribution < 1.29 is 66.0 Å². The van der Waals surface area contributed by atoms with Crippen LogP contribution in [0.1, 0.15) is 31.2 Å². The second kappa shape index (κ2) is 9.59. The van der Waals surface area contributed by atoms with E-state index in [0.29, 0.717) is 13.0 Å². The maximum atomic E-state index is 10.3. The maximum Gasteiger partial charge on any atom is 1.00 e. The van der Waals surface area contributed by atoms with Gasteiger partial charge in [0.2, 0.25) is 0 Å². The van der Waals surface area contributed by atoms with Crippen LogP contribution in [0.4, 0.5) is 0 Å². The summed E-state index contributed by atoms with van der Waals surface area (Å²) in [5, 5.41) is 12.6. The number of unbranched alkanes of at least 4 members (excludes halogenated alkanes) is 2. The van der Waals surface area contributed by atoms with Crippen LogP contribution in [0.2, 0.25) is 0 Å². The molecular weight excluding hydrogens is 291 g/mol. The van der Waals surface area contributed by atoms with Crippen molar-refractivity contribution in [2.24, 2.45) is 0 Å². The van der Waals surface area contributed by atoms with Crippen LogP contribution in [-0.4, -0.2) is 12.6 Å². The molecule has 2 aromatic carbocycles. The Labute approximate surface area is 168 Å². The normalized spacial score (nSPS) is 10.1. The molecule has 0 bridgehead atoms. The molecule has 0 saturated heterocycles. The molecule has 0 amide bonds. The molecule has 0 heterocycles. The van der Waals surface area contributed by atoms with Gasteiger partial charge in [0.25, 0.3) is 0 Å². The topological polar surface area (TPSA) is 49.4 Å². The Bertz CT molecular complexity index is 596. The number of aliphatic carboxylic acids is 1. The number of carboxylic acid groups (broad SMARTS) is 1. The Kier molecular flexibility index (Phi) is 8.52. The summed E-state index contributed by atoms with van der Waals surface area (Å²) in [5.41, 5.74) is 1.25. The molecule has 0 fully saturated rings. The summed E-state index contributed by atoms with van der Waals surface area (Å²) in [6.07, 6.45) is 2.50. The summed E-state index contributed by atoms with van der Waals surface area (Å²) in [6.45, 7) is 2.70. The fourth-order valence-electron chi connectivity index (χ4n) is 2.17. The summed E-state index contributed by atoms with van der Waals surface area (Å²) in [7, 11) is 0. The van der Waals surface area contributed by atoms with E-state index in [2.05, 4.69) is 31.2 Å². The van der Waals surface area contributed by atoms with Gasteiger partial charge in [-0.1, -0.05) is 29.8 Å². The Balaban J connectivity index is 0.00000220. The molecule has 3 nitrogen and oxygen atoms in total. The van der Waals surface area contributed by atoms with Crippen molar-refractivity contribution in [2.75, 3.05) is 6.61 Å². The van der Waals surface area contributed by atoms with Gasteiger partial charge in [-0.15, -0.1) is 0 Å². The third-order valence-electron chi connectivity index (χ3n) is 3.26. The fraction of sp³-hybridized carbons (Fsp3) is 0.353. The summed E-state index contributed by atoms with van der Waals surface area (Å²) in [4.78, 5) is 10.3. The molecule has 0 saturated carbocycles. The van der Waals surface area contributed by atoms with Crippen LogP contribution in [-0.2, 0) is 4.79 Å². The Morgan fingerprint density at radius 1 is 1.05 bits per heavy atom. The quantitative estimate of drug-likeness (QED) is 0.527. The third kappa shape index (κ3) is 6.49. The number of carbonyl (C=O) groups is 1. The molecule has 0 unspecified atom stereocenters. The minimum atomic E-state index is -0.976. The van der Waals surface area contributed by atoms with Gasteiger partial charge in [-0.2, -0.15) is 0 Å². The zero-order valence-corrected chi connectivity index (χ0v) is 15.8. The van der Waals surface area contributed by atoms with Crippen LogP contribution in [0.15, 0.2) is 36.4 Å². The van der Waals surface area contributed by atoms with Crippen molar-refractivity contribution in [2.45, 2.75) is 32.6 Å². The van der Waals surface area contributed by atoms with Crippen LogP contribution >= 0.6 is 0 Å². The number of benzene rings is 2. The van der Waals surface area contributed by atoms with E-state index < -0.39 is 5.97 Å². The monoisotopic (exact) mass is 310 g/mol. The molecule has 2 rings (SSSR count). The van der Waals surface area contributed by atoms with Gasteiger partial charge in [0.05, 0.1) is 6.61 Å². The largest absolute Gasteiger partial charge is 1.00 e. The third-order valence-corrected chi connectivity index (χ3v) is 3.26. The smallest absolute Gasteiger partial charge is 0.550 e. The van der Waals surface area contributed by atoms with Gasteiger partial charge in [-0.3, -0.25) is 0 Å². The number of hydrogen-bond donors (Lipinski definition) is 0. The second-order valence-corrected chi connectivity index (χ2v) is 5.04. The number of carbonyl (C=O) groups excluding carboxylic acids is 1. The first kappa shape index (κ1) is 18.7. The summed E-state index contributed by atoms with van der Waals surface area (Å²) >= 11 is 0. The van der Waals surface area contributed by atoms with E-state index in [1.54, 1.807) is 0 Å². The number of carboxylic acids is 1. The minimum absolute atomic E-state index is 0. The summed E-state index contributed by atoms with van der Waals surface area (Å²) in [6, 6.07) is 12.4. The molecule has 106 valence electrons. The Hall–Kier alpha value is -0.394. The Morgan fingerprint density at radius 3 is 2.52 bits per heavy atom. The van der Waals surface area contributed by atoms with Crippen molar-refractivity contribution in [3.63, 3.8) is 0 Å². The second-order valence-electron chi connectivity index (χ2n) is 5.04. The first-order valence-electron chi connectivity index (χ1n) is 6.98. The molecule has 21 heavy (non-hydrogen) atoms. The molecular formula is C17H19KO3. The van der Waals surface area contributed by atoms with Crippen LogP contribution in [0.5, 0.6) is 5.75 Å². The van der Waals surface area contributed by atoms with E-state index in [-0.39, 0.29) is 57.8 Å². The number of aryl methyl sites for hydroxylation is 1. The molecule has 0 N–H and O–H groups in total. The van der Waals surface area contributed by atoms with Gasteiger partial charge in [0, 0.05) is 5.97 Å². The van der Waals surface area contributed by atoms with Crippen molar-refractivity contribution in [3.8, 4) is 5.75 Å². The minimum Gasteiger partial charge on any atom is -0.550 e. The van der Waals surface area contributed by atoms with Gasteiger partial charge < -0.3 is 14.6 Å². The average Bonchev–Trinajstić information content (AvgIpc) is 2.42. The average molecular weight is 310 g/mol. The van der Waals surface area contributed by atoms with E-state index in [1.807, 2.05) is 12.1 Å². The van der Waals surface area contributed by atoms with Gasteiger partial charge in [-0.05, 0) is 55.5 Å². The van der Waals surface area contributed by atoms with Crippen LogP contribution < -0.4 is 61.2 Å². The predicted octanol–water partition coefficient (Wildman–Crippen LogP) is -0.159. The molecule has 0 atom stereocenters. The first-order chi connectivity index (χ1) is 9.65. The van der Waals surface area contributed by atoms with Crippen molar-refractivity contribution in [1.82, 2.24) is 0 Å². The van der Waals surface area contributed by atoms with Crippen molar-refractivity contribution in [1.29, 1.82) is 0 Å². The van der Waals surface area contributed by atoms with Crippen molar-refractivity contribution >= 4 is 16.7 Å². The van der Waals surface area contributed by atoms with Gasteiger partial charge in [-0.25, -0.2) is 0 Å². The van der Waals surface area contributed by atoms with E-state index in [4.69, 9.17) is 4.74 Å². The van der Waals surface area contributed by atoms with Gasteiger partial charge in [0.15, 0.2) is 0 Å². The molecule has 0 aliphatic heterocycles. The fourth-order valence-corrected chi connectivity index (χ4v) is 2.17. The van der Waals surface area contributed by atoms with E-state index >= 15 is 0 Å². The Morgan fingerprint density at radius 2 is 1.76 bits per heavy atom. The number of ether oxygens (including phenoxy) is 1. The van der Waals surface area contributed by atoms with E-state index in [1.165, 1.54) is 16.3 Å². The molecule has 0 aromatic heterocycles. The number of fused-ring (bicyclic) bond motifs is 1. The molecule has 0 spiro atoms. The van der Waals surface area contributed by atoms with Gasteiger partial charge in [0.1, 0.15) is 5.75 Å². The van der Waals surface area contributed by atoms with E-state index in [0.717, 1.165) is 18.6 Å². The number of hydrogen-bond acceptors (Lipinski definition) is 3. The van der Waals surface area contributed by atoms with Crippen LogP contribution in [0.25, 0.3) is 10.8 Å². The van der Waals surface area contributed by atoms with E-state index in [9.17, 15) is 9.90 Å². The molecule has 4 heteroatoms. The zero-order valence-electron chi connectivity index (χ0n) is 12.7.